The average molecular weight is 425 g/mol. The highest BCUT2D eigenvalue weighted by Gasteiger charge is 2.31. The summed E-state index contributed by atoms with van der Waals surface area (Å²) >= 11 is 0. The van der Waals surface area contributed by atoms with E-state index < -0.39 is 0 Å². The summed E-state index contributed by atoms with van der Waals surface area (Å²) in [6.07, 6.45) is 3.52. The summed E-state index contributed by atoms with van der Waals surface area (Å²) < 4.78 is 21.8. The fourth-order valence-corrected chi connectivity index (χ4v) is 4.25. The number of benzene rings is 1. The third kappa shape index (κ3) is 3.74. The predicted molar refractivity (Wildman–Crippen MR) is 112 cm³/mol. The number of hydrogen-bond acceptors (Lipinski definition) is 5. The second kappa shape index (κ2) is 7.56. The molecule has 9 heteroatoms. The van der Waals surface area contributed by atoms with Crippen molar-refractivity contribution in [1.82, 2.24) is 24.5 Å². The Kier molecular flexibility index (Phi) is 4.85. The van der Waals surface area contributed by atoms with Crippen molar-refractivity contribution in [1.29, 1.82) is 0 Å². The number of aromatic nitrogens is 4. The van der Waals surface area contributed by atoms with E-state index in [4.69, 9.17) is 4.74 Å². The molecule has 0 unspecified atom stereocenters. The number of ether oxygens (including phenoxy) is 1. The van der Waals surface area contributed by atoms with Crippen LogP contribution in [0.2, 0.25) is 0 Å². The molecule has 0 N–H and O–H groups in total. The van der Waals surface area contributed by atoms with Gasteiger partial charge in [0, 0.05) is 24.4 Å². The van der Waals surface area contributed by atoms with E-state index in [1.807, 2.05) is 13.8 Å². The molecule has 0 radical (unpaired) electrons. The van der Waals surface area contributed by atoms with Crippen molar-refractivity contribution in [2.45, 2.75) is 51.4 Å². The molecule has 0 spiro atoms. The fourth-order valence-electron chi connectivity index (χ4n) is 4.25. The SMILES string of the molecule is C[C@H]1CN(C(=O)Cn2nc(C3CC3)c3cnn(-c4ccc(F)cc4)c3c2=O)C[C@H](C)O1. The van der Waals surface area contributed by atoms with Crippen LogP contribution in [0, 0.1) is 5.82 Å². The van der Waals surface area contributed by atoms with Crippen LogP contribution >= 0.6 is 0 Å². The molecule has 3 aromatic rings. The lowest BCUT2D eigenvalue weighted by Crippen LogP contribution is -2.49. The zero-order chi connectivity index (χ0) is 21.7. The maximum atomic E-state index is 13.4. The Hall–Kier alpha value is -3.07. The number of rotatable bonds is 4. The van der Waals surface area contributed by atoms with E-state index in [0.717, 1.165) is 18.5 Å². The van der Waals surface area contributed by atoms with Crippen molar-refractivity contribution in [2.24, 2.45) is 0 Å². The van der Waals surface area contributed by atoms with Gasteiger partial charge in [-0.15, -0.1) is 0 Å². The highest BCUT2D eigenvalue weighted by molar-refractivity contribution is 5.83. The molecule has 2 atom stereocenters. The highest BCUT2D eigenvalue weighted by atomic mass is 19.1. The van der Waals surface area contributed by atoms with Crippen molar-refractivity contribution in [3.63, 3.8) is 0 Å². The van der Waals surface area contributed by atoms with Gasteiger partial charge in [-0.1, -0.05) is 0 Å². The van der Waals surface area contributed by atoms with Crippen molar-refractivity contribution in [2.75, 3.05) is 13.1 Å². The van der Waals surface area contributed by atoms with Crippen LogP contribution < -0.4 is 5.56 Å². The number of amides is 1. The molecule has 2 aliphatic rings. The summed E-state index contributed by atoms with van der Waals surface area (Å²) in [5, 5.41) is 9.64. The summed E-state index contributed by atoms with van der Waals surface area (Å²) in [5.74, 6) is -0.262. The van der Waals surface area contributed by atoms with Crippen molar-refractivity contribution in [3.8, 4) is 5.69 Å². The van der Waals surface area contributed by atoms with Crippen molar-refractivity contribution >= 4 is 16.8 Å². The van der Waals surface area contributed by atoms with Crippen LogP contribution in [0.3, 0.4) is 0 Å². The smallest absolute Gasteiger partial charge is 0.293 e. The van der Waals surface area contributed by atoms with Crippen LogP contribution in [-0.2, 0) is 16.1 Å². The second-order valence-electron chi connectivity index (χ2n) is 8.47. The van der Waals surface area contributed by atoms with E-state index in [1.54, 1.807) is 23.2 Å². The maximum Gasteiger partial charge on any atom is 0.293 e. The van der Waals surface area contributed by atoms with E-state index >= 15 is 0 Å². The lowest BCUT2D eigenvalue weighted by atomic mass is 10.2. The molecule has 2 fully saturated rings. The predicted octanol–water partition coefficient (Wildman–Crippen LogP) is 2.23. The minimum atomic E-state index is -0.385. The molecule has 1 aliphatic heterocycles. The summed E-state index contributed by atoms with van der Waals surface area (Å²) in [5.41, 5.74) is 1.35. The Labute approximate surface area is 178 Å². The van der Waals surface area contributed by atoms with Crippen LogP contribution in [0.1, 0.15) is 38.3 Å². The standard InChI is InChI=1S/C22H24FN5O3/c1-13-10-26(11-14(2)31-13)19(29)12-27-22(30)21-18(20(25-27)15-3-4-15)9-24-28(21)17-7-5-16(23)6-8-17/h5-9,13-15H,3-4,10-12H2,1-2H3/t13-,14-/m0/s1. The number of carbonyl (C=O) groups excluding carboxylic acids is 1. The first kappa shape index (κ1) is 19.9. The zero-order valence-electron chi connectivity index (χ0n) is 17.5. The quantitative estimate of drug-likeness (QED) is 0.640. The molecular formula is C22H24FN5O3. The number of hydrogen-bond donors (Lipinski definition) is 0. The van der Waals surface area contributed by atoms with E-state index in [2.05, 4.69) is 10.2 Å². The number of fused-ring (bicyclic) bond motifs is 1. The van der Waals surface area contributed by atoms with Gasteiger partial charge in [-0.05, 0) is 51.0 Å². The van der Waals surface area contributed by atoms with Crippen LogP contribution in [0.4, 0.5) is 4.39 Å². The fraction of sp³-hybridized carbons (Fsp3) is 0.455. The Morgan fingerprint density at radius 2 is 1.84 bits per heavy atom. The monoisotopic (exact) mass is 425 g/mol. The normalized spacial score (nSPS) is 21.6. The molecular weight excluding hydrogens is 401 g/mol. The van der Waals surface area contributed by atoms with Crippen molar-refractivity contribution in [3.05, 3.63) is 52.3 Å². The van der Waals surface area contributed by atoms with Crippen LogP contribution in [0.25, 0.3) is 16.6 Å². The lowest BCUT2D eigenvalue weighted by Gasteiger charge is -2.35. The van der Waals surface area contributed by atoms with Gasteiger partial charge in [-0.2, -0.15) is 10.2 Å². The zero-order valence-corrected chi connectivity index (χ0v) is 17.5. The molecule has 8 nitrogen and oxygen atoms in total. The van der Waals surface area contributed by atoms with Gasteiger partial charge in [0.05, 0.1) is 29.8 Å². The Morgan fingerprint density at radius 3 is 2.48 bits per heavy atom. The van der Waals surface area contributed by atoms with E-state index in [9.17, 15) is 14.0 Å². The number of carbonyl (C=O) groups is 1. The summed E-state index contributed by atoms with van der Waals surface area (Å²) in [7, 11) is 0. The molecule has 1 aliphatic carbocycles. The number of halogens is 1. The lowest BCUT2D eigenvalue weighted by molar-refractivity contribution is -0.144. The maximum absolute atomic E-state index is 13.4. The molecule has 0 bridgehead atoms. The van der Waals surface area contributed by atoms with Crippen LogP contribution in [-0.4, -0.2) is 55.7 Å². The number of nitrogens with zero attached hydrogens (tertiary/aromatic N) is 5. The Balaban J connectivity index is 1.56. The van der Waals surface area contributed by atoms with Crippen LogP contribution in [0.5, 0.6) is 0 Å². The highest BCUT2D eigenvalue weighted by Crippen LogP contribution is 2.41. The second-order valence-corrected chi connectivity index (χ2v) is 8.47. The molecule has 1 saturated carbocycles. The first-order valence-corrected chi connectivity index (χ1v) is 10.6. The Morgan fingerprint density at radius 1 is 1.16 bits per heavy atom. The van der Waals surface area contributed by atoms with Gasteiger partial charge >= 0.3 is 0 Å². The van der Waals surface area contributed by atoms with Crippen LogP contribution in [0.15, 0.2) is 35.3 Å². The first-order valence-electron chi connectivity index (χ1n) is 10.6. The Bertz CT molecular complexity index is 1190. The van der Waals surface area contributed by atoms with Gasteiger partial charge < -0.3 is 9.64 Å². The van der Waals surface area contributed by atoms with Gasteiger partial charge in [-0.25, -0.2) is 13.8 Å². The van der Waals surface area contributed by atoms with Gasteiger partial charge in [-0.3, -0.25) is 9.59 Å². The largest absolute Gasteiger partial charge is 0.372 e. The topological polar surface area (TPSA) is 82.3 Å². The van der Waals surface area contributed by atoms with Gasteiger partial charge in [0.15, 0.2) is 0 Å². The molecule has 1 aromatic carbocycles. The molecule has 162 valence electrons. The van der Waals surface area contributed by atoms with Crippen molar-refractivity contribution < 1.29 is 13.9 Å². The molecule has 1 amide bonds. The summed E-state index contributed by atoms with van der Waals surface area (Å²) in [4.78, 5) is 28.1. The third-order valence-corrected chi connectivity index (χ3v) is 5.80. The summed E-state index contributed by atoms with van der Waals surface area (Å²) in [6, 6.07) is 5.80. The molecule has 2 aromatic heterocycles. The third-order valence-electron chi connectivity index (χ3n) is 5.80. The van der Waals surface area contributed by atoms with E-state index in [0.29, 0.717) is 29.7 Å². The molecule has 1 saturated heterocycles. The molecule has 5 rings (SSSR count). The number of morpholine rings is 1. The average Bonchev–Trinajstić information content (AvgIpc) is 3.48. The van der Waals surface area contributed by atoms with E-state index in [-0.39, 0.29) is 42.0 Å². The first-order chi connectivity index (χ1) is 14.9. The van der Waals surface area contributed by atoms with Gasteiger partial charge in [0.2, 0.25) is 5.91 Å². The van der Waals surface area contributed by atoms with Gasteiger partial charge in [0.25, 0.3) is 5.56 Å². The minimum absolute atomic E-state index is 0.0539. The molecule has 3 heterocycles. The summed E-state index contributed by atoms with van der Waals surface area (Å²) in [6.45, 7) is 4.70. The minimum Gasteiger partial charge on any atom is -0.372 e. The molecule has 31 heavy (non-hydrogen) atoms. The van der Waals surface area contributed by atoms with E-state index in [1.165, 1.54) is 21.5 Å². The van der Waals surface area contributed by atoms with Gasteiger partial charge in [0.1, 0.15) is 17.9 Å².